The van der Waals surface area contributed by atoms with Gasteiger partial charge in [0.05, 0.1) is 16.1 Å². The molecule has 1 fully saturated rings. The SMILES string of the molecule is NC(=O)c1ccc(/N=C2/NC(=O)/C(=C/c3ccc4ncccc4c3)S2)cc1. The van der Waals surface area contributed by atoms with Crippen LogP contribution in [-0.4, -0.2) is 22.0 Å². The van der Waals surface area contributed by atoms with Crippen LogP contribution in [-0.2, 0) is 4.79 Å². The molecule has 6 nitrogen and oxygen atoms in total. The van der Waals surface area contributed by atoms with Gasteiger partial charge >= 0.3 is 0 Å². The zero-order valence-corrected chi connectivity index (χ0v) is 14.9. The first-order valence-electron chi connectivity index (χ1n) is 8.13. The van der Waals surface area contributed by atoms with Crippen molar-refractivity contribution in [3.63, 3.8) is 0 Å². The van der Waals surface area contributed by atoms with E-state index in [0.717, 1.165) is 16.5 Å². The average Bonchev–Trinajstić information content (AvgIpc) is 3.01. The minimum Gasteiger partial charge on any atom is -0.366 e. The summed E-state index contributed by atoms with van der Waals surface area (Å²) < 4.78 is 0. The summed E-state index contributed by atoms with van der Waals surface area (Å²) in [5.41, 5.74) is 8.08. The summed E-state index contributed by atoms with van der Waals surface area (Å²) in [5.74, 6) is -0.688. The number of primary amides is 1. The Balaban J connectivity index is 1.57. The molecule has 3 aromatic rings. The first kappa shape index (κ1) is 17.0. The number of nitrogens with one attached hydrogen (secondary N) is 1. The third-order valence-corrected chi connectivity index (χ3v) is 4.87. The molecule has 1 aromatic heterocycles. The Morgan fingerprint density at radius 1 is 1.15 bits per heavy atom. The third-order valence-electron chi connectivity index (χ3n) is 3.96. The number of amides is 2. The molecular formula is C20H14N4O2S. The van der Waals surface area contributed by atoms with E-state index in [9.17, 15) is 9.59 Å². The number of nitrogens with zero attached hydrogens (tertiary/aromatic N) is 2. The zero-order chi connectivity index (χ0) is 18.8. The summed E-state index contributed by atoms with van der Waals surface area (Å²) in [6.45, 7) is 0. The molecule has 0 spiro atoms. The number of hydrogen-bond donors (Lipinski definition) is 2. The lowest BCUT2D eigenvalue weighted by molar-refractivity contribution is -0.115. The van der Waals surface area contributed by atoms with Crippen molar-refractivity contribution in [1.29, 1.82) is 0 Å². The molecule has 2 aromatic carbocycles. The number of aliphatic imine (C=N–C) groups is 1. The molecule has 7 heteroatoms. The van der Waals surface area contributed by atoms with Crippen LogP contribution < -0.4 is 11.1 Å². The molecule has 4 rings (SSSR count). The van der Waals surface area contributed by atoms with Gasteiger partial charge in [0.1, 0.15) is 0 Å². The molecule has 0 bridgehead atoms. The number of rotatable bonds is 3. The predicted molar refractivity (Wildman–Crippen MR) is 108 cm³/mol. The largest absolute Gasteiger partial charge is 0.366 e. The third kappa shape index (κ3) is 3.73. The van der Waals surface area contributed by atoms with E-state index < -0.39 is 5.91 Å². The van der Waals surface area contributed by atoms with Crippen LogP contribution in [0.15, 0.2) is 70.7 Å². The van der Waals surface area contributed by atoms with Gasteiger partial charge in [-0.15, -0.1) is 0 Å². The molecule has 132 valence electrons. The lowest BCUT2D eigenvalue weighted by Crippen LogP contribution is -2.19. The molecule has 2 heterocycles. The molecule has 2 amide bonds. The highest BCUT2D eigenvalue weighted by Gasteiger charge is 2.23. The van der Waals surface area contributed by atoms with Crippen LogP contribution in [0.2, 0.25) is 0 Å². The second kappa shape index (κ2) is 7.05. The Labute approximate surface area is 159 Å². The molecule has 1 aliphatic rings. The Morgan fingerprint density at radius 2 is 1.96 bits per heavy atom. The van der Waals surface area contributed by atoms with Crippen molar-refractivity contribution in [2.45, 2.75) is 0 Å². The predicted octanol–water partition coefficient (Wildman–Crippen LogP) is 3.23. The number of thioether (sulfide) groups is 1. The molecule has 0 radical (unpaired) electrons. The average molecular weight is 374 g/mol. The molecule has 3 N–H and O–H groups in total. The van der Waals surface area contributed by atoms with Crippen molar-refractivity contribution in [3.05, 3.63) is 76.8 Å². The van der Waals surface area contributed by atoms with Gasteiger partial charge in [-0.2, -0.15) is 0 Å². The van der Waals surface area contributed by atoms with Gasteiger partial charge in [0.15, 0.2) is 5.17 Å². The summed E-state index contributed by atoms with van der Waals surface area (Å²) in [6.07, 6.45) is 3.57. The summed E-state index contributed by atoms with van der Waals surface area (Å²) in [5, 5.41) is 4.25. The lowest BCUT2D eigenvalue weighted by Gasteiger charge is -1.99. The van der Waals surface area contributed by atoms with E-state index in [1.165, 1.54) is 11.8 Å². The molecule has 0 unspecified atom stereocenters. The van der Waals surface area contributed by atoms with Gasteiger partial charge in [0.2, 0.25) is 5.91 Å². The highest BCUT2D eigenvalue weighted by atomic mass is 32.2. The van der Waals surface area contributed by atoms with Crippen LogP contribution in [0.4, 0.5) is 5.69 Å². The van der Waals surface area contributed by atoms with E-state index in [2.05, 4.69) is 15.3 Å². The van der Waals surface area contributed by atoms with Crippen molar-refractivity contribution >= 4 is 51.4 Å². The van der Waals surface area contributed by atoms with Crippen molar-refractivity contribution in [1.82, 2.24) is 10.3 Å². The van der Waals surface area contributed by atoms with Crippen LogP contribution in [0.1, 0.15) is 15.9 Å². The van der Waals surface area contributed by atoms with Crippen molar-refractivity contribution in [2.24, 2.45) is 10.7 Å². The zero-order valence-electron chi connectivity index (χ0n) is 14.0. The normalized spacial score (nSPS) is 16.8. The van der Waals surface area contributed by atoms with Gasteiger partial charge < -0.3 is 11.1 Å². The fourth-order valence-electron chi connectivity index (χ4n) is 2.63. The molecule has 1 aliphatic heterocycles. The van der Waals surface area contributed by atoms with E-state index in [4.69, 9.17) is 5.73 Å². The monoisotopic (exact) mass is 374 g/mol. The Hall–Kier alpha value is -3.45. The van der Waals surface area contributed by atoms with E-state index in [-0.39, 0.29) is 5.91 Å². The maximum absolute atomic E-state index is 12.2. The number of pyridine rings is 1. The fourth-order valence-corrected chi connectivity index (χ4v) is 3.48. The Morgan fingerprint density at radius 3 is 2.74 bits per heavy atom. The number of aromatic nitrogens is 1. The van der Waals surface area contributed by atoms with Gasteiger partial charge in [0, 0.05) is 17.1 Å². The van der Waals surface area contributed by atoms with Gasteiger partial charge in [-0.05, 0) is 65.9 Å². The quantitative estimate of drug-likeness (QED) is 0.688. The molecule has 1 saturated heterocycles. The van der Waals surface area contributed by atoms with Gasteiger partial charge in [-0.1, -0.05) is 12.1 Å². The molecule has 27 heavy (non-hydrogen) atoms. The summed E-state index contributed by atoms with van der Waals surface area (Å²) in [4.78, 5) is 32.6. The van der Waals surface area contributed by atoms with Gasteiger partial charge in [0.25, 0.3) is 5.91 Å². The highest BCUT2D eigenvalue weighted by molar-refractivity contribution is 8.18. The minimum absolute atomic E-state index is 0.196. The van der Waals surface area contributed by atoms with Crippen LogP contribution in [0.25, 0.3) is 17.0 Å². The maximum atomic E-state index is 12.2. The van der Waals surface area contributed by atoms with Gasteiger partial charge in [-0.25, -0.2) is 4.99 Å². The number of carbonyl (C=O) groups excluding carboxylic acids is 2. The first-order chi connectivity index (χ1) is 13.1. The topological polar surface area (TPSA) is 97.4 Å². The van der Waals surface area contributed by atoms with E-state index in [1.807, 2.05) is 36.4 Å². The Bertz CT molecular complexity index is 1120. The van der Waals surface area contributed by atoms with Gasteiger partial charge in [-0.3, -0.25) is 14.6 Å². The highest BCUT2D eigenvalue weighted by Crippen LogP contribution is 2.28. The number of hydrogen-bond acceptors (Lipinski definition) is 5. The second-order valence-corrected chi connectivity index (χ2v) is 6.88. The van der Waals surface area contributed by atoms with E-state index in [0.29, 0.717) is 21.3 Å². The van der Waals surface area contributed by atoms with Crippen LogP contribution >= 0.6 is 11.8 Å². The lowest BCUT2D eigenvalue weighted by atomic mass is 10.1. The number of amidine groups is 1. The Kier molecular flexibility index (Phi) is 4.43. The molecule has 0 atom stereocenters. The standard InChI is InChI=1S/C20H14N4O2S/c21-18(25)13-4-6-15(7-5-13)23-20-24-19(26)17(27-20)11-12-3-8-16-14(10-12)2-1-9-22-16/h1-11H,(H2,21,25)(H,23,24,26)/b17-11-. The molecular weight excluding hydrogens is 360 g/mol. The summed E-state index contributed by atoms with van der Waals surface area (Å²) in [6, 6.07) is 16.3. The number of nitrogens with two attached hydrogens (primary N) is 1. The van der Waals surface area contributed by atoms with Crippen LogP contribution in [0.3, 0.4) is 0 Å². The number of benzene rings is 2. The van der Waals surface area contributed by atoms with Crippen molar-refractivity contribution in [3.8, 4) is 0 Å². The van der Waals surface area contributed by atoms with E-state index >= 15 is 0 Å². The molecule has 0 saturated carbocycles. The van der Waals surface area contributed by atoms with Crippen molar-refractivity contribution in [2.75, 3.05) is 0 Å². The number of carbonyl (C=O) groups is 2. The first-order valence-corrected chi connectivity index (χ1v) is 8.94. The smallest absolute Gasteiger partial charge is 0.264 e. The second-order valence-electron chi connectivity index (χ2n) is 5.85. The summed E-state index contributed by atoms with van der Waals surface area (Å²) >= 11 is 1.27. The van der Waals surface area contributed by atoms with Crippen LogP contribution in [0, 0.1) is 0 Å². The maximum Gasteiger partial charge on any atom is 0.264 e. The minimum atomic E-state index is -0.492. The number of fused-ring (bicyclic) bond motifs is 1. The van der Waals surface area contributed by atoms with Crippen LogP contribution in [0.5, 0.6) is 0 Å². The fraction of sp³-hybridized carbons (Fsp3) is 0. The molecule has 0 aliphatic carbocycles. The van der Waals surface area contributed by atoms with Crippen molar-refractivity contribution < 1.29 is 9.59 Å². The summed E-state index contributed by atoms with van der Waals surface area (Å²) in [7, 11) is 0. The van der Waals surface area contributed by atoms with E-state index in [1.54, 1.807) is 30.5 Å².